The van der Waals surface area contributed by atoms with Crippen LogP contribution in [0, 0.1) is 6.92 Å². The summed E-state index contributed by atoms with van der Waals surface area (Å²) >= 11 is 5.75. The van der Waals surface area contributed by atoms with Gasteiger partial charge in [-0.05, 0) is 79.8 Å². The van der Waals surface area contributed by atoms with Crippen LogP contribution in [0.2, 0.25) is 0 Å². The Balaban J connectivity index is 1.43. The molecule has 0 spiro atoms. The molecule has 2 aromatic carbocycles. The molecule has 1 fully saturated rings. The maximum Gasteiger partial charge on any atom is 0.335 e. The molecule has 0 saturated carbocycles. The monoisotopic (exact) mass is 525 g/mol. The number of aromatic nitrogens is 2. The van der Waals surface area contributed by atoms with Crippen LogP contribution in [0.4, 0.5) is 5.69 Å². The number of aryl methyl sites for hydroxylation is 1. The number of pyridine rings is 1. The van der Waals surface area contributed by atoms with E-state index in [1.54, 1.807) is 30.5 Å². The highest BCUT2D eigenvalue weighted by atomic mass is 32.1. The third-order valence-corrected chi connectivity index (χ3v) is 6.94. The fraction of sp³-hybridized carbons (Fsp3) is 0.172. The molecule has 2 atom stereocenters. The van der Waals surface area contributed by atoms with Gasteiger partial charge in [0.05, 0.1) is 23.3 Å². The van der Waals surface area contributed by atoms with Gasteiger partial charge in [-0.1, -0.05) is 23.8 Å². The lowest BCUT2D eigenvalue weighted by atomic mass is 10.0. The number of carbonyl (C=O) groups excluding carboxylic acids is 1. The Labute approximate surface area is 225 Å². The molecule has 8 nitrogen and oxygen atoms in total. The van der Waals surface area contributed by atoms with Crippen molar-refractivity contribution >= 4 is 34.9 Å². The van der Waals surface area contributed by atoms with E-state index in [4.69, 9.17) is 12.2 Å². The number of benzene rings is 2. The predicted molar refractivity (Wildman–Crippen MR) is 149 cm³/mol. The fourth-order valence-corrected chi connectivity index (χ4v) is 5.02. The van der Waals surface area contributed by atoms with E-state index in [0.717, 1.165) is 28.3 Å². The number of carbonyl (C=O) groups is 2. The summed E-state index contributed by atoms with van der Waals surface area (Å²) in [5.74, 6) is -1.07. The van der Waals surface area contributed by atoms with Crippen molar-refractivity contribution in [2.75, 3.05) is 11.9 Å². The van der Waals surface area contributed by atoms with Crippen LogP contribution >= 0.6 is 12.2 Å². The zero-order valence-corrected chi connectivity index (χ0v) is 21.6. The number of carboxylic acids is 1. The van der Waals surface area contributed by atoms with Crippen LogP contribution < -0.4 is 10.6 Å². The predicted octanol–water partition coefficient (Wildman–Crippen LogP) is 4.88. The summed E-state index contributed by atoms with van der Waals surface area (Å²) in [5.41, 5.74) is 4.70. The van der Waals surface area contributed by atoms with E-state index in [1.165, 1.54) is 0 Å². The number of nitrogens with zero attached hydrogens (tertiary/aromatic N) is 3. The van der Waals surface area contributed by atoms with E-state index in [-0.39, 0.29) is 30.0 Å². The van der Waals surface area contributed by atoms with Gasteiger partial charge in [-0.15, -0.1) is 0 Å². The summed E-state index contributed by atoms with van der Waals surface area (Å²) in [6.07, 6.45) is 3.93. The number of aromatic carboxylic acids is 1. The number of hydrogen-bond donors (Lipinski definition) is 3. The van der Waals surface area contributed by atoms with Gasteiger partial charge in [0.1, 0.15) is 0 Å². The minimum Gasteiger partial charge on any atom is -0.478 e. The summed E-state index contributed by atoms with van der Waals surface area (Å²) in [5, 5.41) is 16.2. The molecule has 38 heavy (non-hydrogen) atoms. The molecule has 2 aromatic heterocycles. The molecule has 5 rings (SSSR count). The average Bonchev–Trinajstić information content (AvgIpc) is 3.53. The van der Waals surface area contributed by atoms with Crippen LogP contribution in [-0.4, -0.2) is 43.1 Å². The lowest BCUT2D eigenvalue weighted by molar-refractivity contribution is -0.116. The van der Waals surface area contributed by atoms with Crippen molar-refractivity contribution in [2.24, 2.45) is 0 Å². The second-order valence-corrected chi connectivity index (χ2v) is 9.53. The Bertz CT molecular complexity index is 1450. The van der Waals surface area contributed by atoms with Crippen molar-refractivity contribution in [3.8, 4) is 5.69 Å². The fourth-order valence-electron chi connectivity index (χ4n) is 4.69. The zero-order chi connectivity index (χ0) is 26.6. The summed E-state index contributed by atoms with van der Waals surface area (Å²) < 4.78 is 2.02. The largest absolute Gasteiger partial charge is 0.478 e. The first-order valence-corrected chi connectivity index (χ1v) is 12.7. The number of hydrogen-bond acceptors (Lipinski definition) is 4. The standard InChI is InChI=1S/C29H27N5O3S/c1-19-7-11-21(12-8-19)31-25(35)15-18-34-27(26(32-29(34)38)23-5-2-3-16-30-23)24-6-4-17-33(24)22-13-9-20(10-14-22)28(36)37/h2-14,16-17,26-27H,15,18H2,1H3,(H,31,35)(H,32,38)(H,36,37)/t26-,27+/m0/s1. The normalized spacial score (nSPS) is 16.8. The number of nitrogens with one attached hydrogen (secondary N) is 2. The topological polar surface area (TPSA) is 99.5 Å². The minimum absolute atomic E-state index is 0.101. The summed E-state index contributed by atoms with van der Waals surface area (Å²) in [6, 6.07) is 23.6. The Morgan fingerprint density at radius 1 is 1.03 bits per heavy atom. The van der Waals surface area contributed by atoms with E-state index < -0.39 is 5.97 Å². The molecule has 192 valence electrons. The van der Waals surface area contributed by atoms with E-state index in [0.29, 0.717) is 11.7 Å². The maximum absolute atomic E-state index is 12.8. The van der Waals surface area contributed by atoms with Gasteiger partial charge in [-0.3, -0.25) is 9.78 Å². The van der Waals surface area contributed by atoms with Gasteiger partial charge in [0, 0.05) is 42.4 Å². The van der Waals surface area contributed by atoms with Crippen LogP contribution in [-0.2, 0) is 4.79 Å². The van der Waals surface area contributed by atoms with Gasteiger partial charge < -0.3 is 25.2 Å². The number of carboxylic acid groups (broad SMARTS) is 1. The second kappa shape index (κ2) is 10.9. The van der Waals surface area contributed by atoms with Gasteiger partial charge in [0.2, 0.25) is 5.91 Å². The van der Waals surface area contributed by atoms with Crippen molar-refractivity contribution in [2.45, 2.75) is 25.4 Å². The smallest absolute Gasteiger partial charge is 0.335 e. The van der Waals surface area contributed by atoms with Crippen LogP contribution in [0.25, 0.3) is 5.69 Å². The molecule has 0 radical (unpaired) electrons. The molecule has 4 aromatic rings. The average molecular weight is 526 g/mol. The maximum atomic E-state index is 12.8. The van der Waals surface area contributed by atoms with Crippen LogP contribution in [0.15, 0.2) is 91.3 Å². The van der Waals surface area contributed by atoms with Gasteiger partial charge in [-0.2, -0.15) is 0 Å². The highest BCUT2D eigenvalue weighted by molar-refractivity contribution is 7.80. The molecule has 1 aliphatic heterocycles. The molecule has 1 saturated heterocycles. The number of thiocarbonyl (C=S) groups is 1. The van der Waals surface area contributed by atoms with Crippen molar-refractivity contribution in [3.05, 3.63) is 114 Å². The van der Waals surface area contributed by atoms with Crippen LogP contribution in [0.5, 0.6) is 0 Å². The SMILES string of the molecule is Cc1ccc(NC(=O)CCN2C(=S)N[C@@H](c3ccccn3)[C@H]2c2cccn2-c2ccc(C(=O)O)cc2)cc1. The molecule has 0 aliphatic carbocycles. The van der Waals surface area contributed by atoms with E-state index in [1.807, 2.05) is 77.2 Å². The third-order valence-electron chi connectivity index (χ3n) is 6.59. The highest BCUT2D eigenvalue weighted by Crippen LogP contribution is 2.39. The molecule has 1 amide bonds. The lowest BCUT2D eigenvalue weighted by Crippen LogP contribution is -2.33. The van der Waals surface area contributed by atoms with Gasteiger partial charge >= 0.3 is 5.97 Å². The molecule has 1 aliphatic rings. The number of anilines is 1. The summed E-state index contributed by atoms with van der Waals surface area (Å²) in [6.45, 7) is 2.40. The van der Waals surface area contributed by atoms with Crippen molar-refractivity contribution in [1.82, 2.24) is 19.8 Å². The highest BCUT2D eigenvalue weighted by Gasteiger charge is 2.41. The first kappa shape index (κ1) is 25.2. The Hall–Kier alpha value is -4.50. The third kappa shape index (κ3) is 5.28. The molecule has 9 heteroatoms. The van der Waals surface area contributed by atoms with E-state index in [9.17, 15) is 14.7 Å². The quantitative estimate of drug-likeness (QED) is 0.282. The second-order valence-electron chi connectivity index (χ2n) is 9.14. The van der Waals surface area contributed by atoms with Crippen molar-refractivity contribution in [1.29, 1.82) is 0 Å². The Morgan fingerprint density at radius 2 is 1.79 bits per heavy atom. The molecule has 3 N–H and O–H groups in total. The first-order chi connectivity index (χ1) is 18.4. The molecular formula is C29H27N5O3S. The number of rotatable bonds is 8. The number of amides is 1. The van der Waals surface area contributed by atoms with E-state index >= 15 is 0 Å². The lowest BCUT2D eigenvalue weighted by Gasteiger charge is -2.29. The molecule has 0 bridgehead atoms. The Kier molecular flexibility index (Phi) is 7.19. The van der Waals surface area contributed by atoms with Gasteiger partial charge in [0.15, 0.2) is 5.11 Å². The van der Waals surface area contributed by atoms with Crippen LogP contribution in [0.1, 0.15) is 45.8 Å². The molecule has 0 unspecified atom stereocenters. The molecule has 3 heterocycles. The minimum atomic E-state index is -0.972. The summed E-state index contributed by atoms with van der Waals surface area (Å²) in [4.78, 5) is 30.8. The first-order valence-electron chi connectivity index (χ1n) is 12.3. The Morgan fingerprint density at radius 3 is 2.47 bits per heavy atom. The van der Waals surface area contributed by atoms with Crippen molar-refractivity contribution < 1.29 is 14.7 Å². The van der Waals surface area contributed by atoms with Crippen molar-refractivity contribution in [3.63, 3.8) is 0 Å². The van der Waals surface area contributed by atoms with Crippen LogP contribution in [0.3, 0.4) is 0 Å². The zero-order valence-electron chi connectivity index (χ0n) is 20.7. The van der Waals surface area contributed by atoms with Gasteiger partial charge in [0.25, 0.3) is 0 Å². The van der Waals surface area contributed by atoms with Gasteiger partial charge in [-0.25, -0.2) is 4.79 Å². The molecular weight excluding hydrogens is 498 g/mol. The summed E-state index contributed by atoms with van der Waals surface area (Å²) in [7, 11) is 0. The van der Waals surface area contributed by atoms with E-state index in [2.05, 4.69) is 15.6 Å².